The number of carbonyl (C=O) groups is 2. The summed E-state index contributed by atoms with van der Waals surface area (Å²) in [5.74, 6) is 0.507. The Labute approximate surface area is 161 Å². The zero-order chi connectivity index (χ0) is 16.2. The van der Waals surface area contributed by atoms with E-state index < -0.39 is 0 Å². The van der Waals surface area contributed by atoms with E-state index in [-0.39, 0.29) is 49.7 Å². The summed E-state index contributed by atoms with van der Waals surface area (Å²) in [6, 6.07) is 2.02. The molecule has 3 heterocycles. The van der Waals surface area contributed by atoms with Crippen LogP contribution in [0, 0.1) is 0 Å². The highest BCUT2D eigenvalue weighted by Crippen LogP contribution is 2.27. The molecular weight excluding hydrogens is 387 g/mol. The second-order valence-electron chi connectivity index (χ2n) is 5.19. The monoisotopic (exact) mass is 406 g/mol. The molecule has 2 aromatic rings. The van der Waals surface area contributed by atoms with Crippen molar-refractivity contribution in [3.8, 4) is 0 Å². The van der Waals surface area contributed by atoms with E-state index in [1.54, 1.807) is 22.6 Å². The average molecular weight is 407 g/mol. The Balaban J connectivity index is 0.00000156. The fourth-order valence-electron chi connectivity index (χ4n) is 2.55. The first-order valence-electron chi connectivity index (χ1n) is 7.36. The Hall–Kier alpha value is -1.68. The SMILES string of the molecule is Cl.Cl.NCC(=O)NCC(=O)N1CCN(c2ncnc3sccc23)CC1. The molecule has 0 aliphatic carbocycles. The van der Waals surface area contributed by atoms with Crippen molar-refractivity contribution in [2.24, 2.45) is 5.73 Å². The molecule has 2 aromatic heterocycles. The fraction of sp³-hybridized carbons (Fsp3) is 0.429. The second-order valence-corrected chi connectivity index (χ2v) is 6.08. The number of amides is 2. The van der Waals surface area contributed by atoms with Gasteiger partial charge in [-0.25, -0.2) is 9.97 Å². The molecule has 0 bridgehead atoms. The number of carbonyl (C=O) groups excluding carboxylic acids is 2. The summed E-state index contributed by atoms with van der Waals surface area (Å²) in [7, 11) is 0. The standard InChI is InChI=1S/C14H18N6O2S.2ClH/c15-7-11(21)16-8-12(22)19-2-4-20(5-3-19)13-10-1-6-23-14(10)18-9-17-13;;/h1,6,9H,2-5,7-8,15H2,(H,16,21);2*1H. The van der Waals surface area contributed by atoms with Crippen molar-refractivity contribution in [1.82, 2.24) is 20.2 Å². The maximum absolute atomic E-state index is 12.1. The van der Waals surface area contributed by atoms with Gasteiger partial charge in [-0.2, -0.15) is 0 Å². The molecule has 0 aromatic carbocycles. The minimum Gasteiger partial charge on any atom is -0.352 e. The maximum atomic E-state index is 12.1. The summed E-state index contributed by atoms with van der Waals surface area (Å²) in [5.41, 5.74) is 5.20. The molecule has 25 heavy (non-hydrogen) atoms. The van der Waals surface area contributed by atoms with Crippen molar-refractivity contribution >= 4 is 64.0 Å². The van der Waals surface area contributed by atoms with Gasteiger partial charge >= 0.3 is 0 Å². The lowest BCUT2D eigenvalue weighted by atomic mass is 10.2. The molecule has 0 atom stereocenters. The van der Waals surface area contributed by atoms with Gasteiger partial charge in [0, 0.05) is 26.2 Å². The number of nitrogens with two attached hydrogens (primary N) is 1. The van der Waals surface area contributed by atoms with Gasteiger partial charge in [0.1, 0.15) is 17.0 Å². The van der Waals surface area contributed by atoms with E-state index in [2.05, 4.69) is 20.2 Å². The summed E-state index contributed by atoms with van der Waals surface area (Å²) < 4.78 is 0. The summed E-state index contributed by atoms with van der Waals surface area (Å²) in [6.07, 6.45) is 1.58. The second kappa shape index (κ2) is 9.71. The molecule has 0 saturated carbocycles. The first-order chi connectivity index (χ1) is 11.2. The Morgan fingerprint density at radius 3 is 2.60 bits per heavy atom. The van der Waals surface area contributed by atoms with Gasteiger partial charge in [-0.3, -0.25) is 9.59 Å². The predicted octanol–water partition coefficient (Wildman–Crippen LogP) is 0.258. The molecule has 2 amide bonds. The number of nitrogens with one attached hydrogen (secondary N) is 1. The van der Waals surface area contributed by atoms with Crippen LogP contribution in [-0.2, 0) is 9.59 Å². The van der Waals surface area contributed by atoms with Crippen molar-refractivity contribution in [3.63, 3.8) is 0 Å². The van der Waals surface area contributed by atoms with E-state index in [0.29, 0.717) is 26.2 Å². The number of hydrogen-bond donors (Lipinski definition) is 2. The molecule has 8 nitrogen and oxygen atoms in total. The number of hydrogen-bond acceptors (Lipinski definition) is 7. The number of nitrogens with zero attached hydrogens (tertiary/aromatic N) is 4. The van der Waals surface area contributed by atoms with Gasteiger partial charge in [0.05, 0.1) is 18.5 Å². The van der Waals surface area contributed by atoms with Crippen LogP contribution in [0.5, 0.6) is 0 Å². The number of rotatable bonds is 4. The molecule has 0 unspecified atom stereocenters. The maximum Gasteiger partial charge on any atom is 0.242 e. The number of anilines is 1. The first kappa shape index (κ1) is 21.4. The minimum absolute atomic E-state index is 0. The van der Waals surface area contributed by atoms with Crippen LogP contribution in [0.2, 0.25) is 0 Å². The third kappa shape index (κ3) is 4.91. The van der Waals surface area contributed by atoms with Gasteiger partial charge in [0.15, 0.2) is 0 Å². The lowest BCUT2D eigenvalue weighted by molar-refractivity contribution is -0.132. The molecule has 3 rings (SSSR count). The molecule has 1 aliphatic heterocycles. The van der Waals surface area contributed by atoms with Crippen molar-refractivity contribution in [2.75, 3.05) is 44.2 Å². The number of piperazine rings is 1. The molecule has 1 fully saturated rings. The molecule has 11 heteroatoms. The van der Waals surface area contributed by atoms with Crippen molar-refractivity contribution in [2.45, 2.75) is 0 Å². The Kier molecular flexibility index (Phi) is 8.30. The van der Waals surface area contributed by atoms with Crippen LogP contribution in [0.1, 0.15) is 0 Å². The van der Waals surface area contributed by atoms with Crippen LogP contribution in [-0.4, -0.2) is 66.0 Å². The highest BCUT2D eigenvalue weighted by atomic mass is 35.5. The van der Waals surface area contributed by atoms with E-state index in [9.17, 15) is 9.59 Å². The van der Waals surface area contributed by atoms with Crippen LogP contribution in [0.15, 0.2) is 17.8 Å². The average Bonchev–Trinajstić information content (AvgIpc) is 3.08. The summed E-state index contributed by atoms with van der Waals surface area (Å²) in [6.45, 7) is 2.51. The topological polar surface area (TPSA) is 104 Å². The highest BCUT2D eigenvalue weighted by molar-refractivity contribution is 7.16. The Bertz CT molecular complexity index is 720. The molecular formula is C14H20Cl2N6O2S. The van der Waals surface area contributed by atoms with Crippen LogP contribution >= 0.6 is 36.2 Å². The van der Waals surface area contributed by atoms with Gasteiger partial charge in [-0.15, -0.1) is 36.2 Å². The predicted molar refractivity (Wildman–Crippen MR) is 103 cm³/mol. The molecule has 138 valence electrons. The summed E-state index contributed by atoms with van der Waals surface area (Å²) in [5, 5.41) is 5.56. The van der Waals surface area contributed by atoms with E-state index in [1.165, 1.54) is 0 Å². The minimum atomic E-state index is -0.321. The van der Waals surface area contributed by atoms with Gasteiger partial charge in [-0.05, 0) is 11.4 Å². The molecule has 0 spiro atoms. The molecule has 1 saturated heterocycles. The Morgan fingerprint density at radius 2 is 1.92 bits per heavy atom. The normalized spacial score (nSPS) is 13.8. The zero-order valence-electron chi connectivity index (χ0n) is 13.4. The number of fused-ring (bicyclic) bond motifs is 1. The highest BCUT2D eigenvalue weighted by Gasteiger charge is 2.23. The van der Waals surface area contributed by atoms with E-state index in [0.717, 1.165) is 16.0 Å². The lowest BCUT2D eigenvalue weighted by Crippen LogP contribution is -2.51. The van der Waals surface area contributed by atoms with E-state index in [1.807, 2.05) is 11.4 Å². The first-order valence-corrected chi connectivity index (χ1v) is 8.24. The van der Waals surface area contributed by atoms with Crippen LogP contribution in [0.3, 0.4) is 0 Å². The molecule has 3 N–H and O–H groups in total. The third-order valence-corrected chi connectivity index (χ3v) is 4.62. The van der Waals surface area contributed by atoms with E-state index in [4.69, 9.17) is 5.73 Å². The summed E-state index contributed by atoms with van der Waals surface area (Å²) >= 11 is 1.59. The van der Waals surface area contributed by atoms with Gasteiger partial charge in [0.2, 0.25) is 11.8 Å². The summed E-state index contributed by atoms with van der Waals surface area (Å²) in [4.78, 5) is 36.7. The molecule has 0 radical (unpaired) electrons. The fourth-order valence-corrected chi connectivity index (χ4v) is 3.28. The number of thiophene rings is 1. The number of aromatic nitrogens is 2. The largest absolute Gasteiger partial charge is 0.352 e. The quantitative estimate of drug-likeness (QED) is 0.754. The van der Waals surface area contributed by atoms with Crippen LogP contribution < -0.4 is 16.0 Å². The van der Waals surface area contributed by atoms with Crippen LogP contribution in [0.4, 0.5) is 5.82 Å². The van der Waals surface area contributed by atoms with Crippen molar-refractivity contribution in [1.29, 1.82) is 0 Å². The third-order valence-electron chi connectivity index (χ3n) is 3.79. The van der Waals surface area contributed by atoms with Gasteiger partial charge in [-0.1, -0.05) is 0 Å². The molecule has 1 aliphatic rings. The lowest BCUT2D eigenvalue weighted by Gasteiger charge is -2.35. The number of halogens is 2. The van der Waals surface area contributed by atoms with E-state index >= 15 is 0 Å². The van der Waals surface area contributed by atoms with Crippen molar-refractivity contribution < 1.29 is 9.59 Å². The van der Waals surface area contributed by atoms with Gasteiger partial charge in [0.25, 0.3) is 0 Å². The van der Waals surface area contributed by atoms with Gasteiger partial charge < -0.3 is 20.9 Å². The van der Waals surface area contributed by atoms with Crippen LogP contribution in [0.25, 0.3) is 10.2 Å². The zero-order valence-corrected chi connectivity index (χ0v) is 15.8. The Morgan fingerprint density at radius 1 is 1.20 bits per heavy atom. The smallest absolute Gasteiger partial charge is 0.242 e. The van der Waals surface area contributed by atoms with Crippen molar-refractivity contribution in [3.05, 3.63) is 17.8 Å².